The molecule has 27 heavy (non-hydrogen) atoms. The number of terminal acetylenes is 1. The lowest BCUT2D eigenvalue weighted by atomic mass is 10.0. The van der Waals surface area contributed by atoms with E-state index in [2.05, 4.69) is 18.6 Å². The normalized spacial score (nSPS) is 10.6. The Bertz CT molecular complexity index is 932. The Morgan fingerprint density at radius 3 is 2.70 bits per heavy atom. The van der Waals surface area contributed by atoms with Crippen molar-refractivity contribution in [1.82, 2.24) is 0 Å². The van der Waals surface area contributed by atoms with Crippen LogP contribution in [0, 0.1) is 23.7 Å². The van der Waals surface area contributed by atoms with Gasteiger partial charge in [0.1, 0.15) is 6.61 Å². The molecule has 0 aliphatic rings. The van der Waals surface area contributed by atoms with Gasteiger partial charge >= 0.3 is 0 Å². The number of benzene rings is 2. The molecule has 0 aromatic heterocycles. The quantitative estimate of drug-likeness (QED) is 0.262. The number of hydrogen-bond donors (Lipinski definition) is 0. The molecule has 3 nitrogen and oxygen atoms in total. The maximum atomic E-state index is 9.61. The highest BCUT2D eigenvalue weighted by Crippen LogP contribution is 2.35. The molecule has 2 aromatic carbocycles. The van der Waals surface area contributed by atoms with E-state index in [-0.39, 0.29) is 6.61 Å². The maximum absolute atomic E-state index is 9.61. The first-order valence-corrected chi connectivity index (χ1v) is 8.85. The van der Waals surface area contributed by atoms with Crippen LogP contribution in [0.1, 0.15) is 23.6 Å². The van der Waals surface area contributed by atoms with Gasteiger partial charge in [0.05, 0.1) is 18.2 Å². The summed E-state index contributed by atoms with van der Waals surface area (Å²) in [5.74, 6) is 3.64. The molecule has 0 spiro atoms. The summed E-state index contributed by atoms with van der Waals surface area (Å²) in [7, 11) is 0. The Morgan fingerprint density at radius 1 is 1.30 bits per heavy atom. The second kappa shape index (κ2) is 10.1. The first kappa shape index (κ1) is 20.2. The molecule has 136 valence electrons. The Hall–Kier alpha value is -3.14. The summed E-state index contributed by atoms with van der Waals surface area (Å²) in [4.78, 5) is 0. The van der Waals surface area contributed by atoms with Crippen molar-refractivity contribution in [3.05, 3.63) is 70.8 Å². The predicted octanol–water partition coefficient (Wildman–Crippen LogP) is 5.54. The molecular weight excluding hydrogens is 358 g/mol. The molecule has 0 atom stereocenters. The highest BCUT2D eigenvalue weighted by molar-refractivity contribution is 6.32. The van der Waals surface area contributed by atoms with Crippen molar-refractivity contribution in [3.8, 4) is 29.9 Å². The predicted molar refractivity (Wildman–Crippen MR) is 111 cm³/mol. The molecule has 0 radical (unpaired) electrons. The molecule has 4 heteroatoms. The van der Waals surface area contributed by atoms with Crippen molar-refractivity contribution in [2.24, 2.45) is 0 Å². The fourth-order valence-electron chi connectivity index (χ4n) is 2.63. The Labute approximate surface area is 165 Å². The molecule has 0 saturated carbocycles. The first-order valence-electron chi connectivity index (χ1n) is 8.48. The SMILES string of the molecule is C#CCOc1c(CC=C)cc(C=C(C#N)c2ccccc2Cl)cc1OCC. The average Bonchev–Trinajstić information content (AvgIpc) is 2.66. The van der Waals surface area contributed by atoms with Gasteiger partial charge < -0.3 is 9.47 Å². The number of ether oxygens (including phenoxy) is 2. The summed E-state index contributed by atoms with van der Waals surface area (Å²) in [6, 6.07) is 13.2. The van der Waals surface area contributed by atoms with Gasteiger partial charge in [0.2, 0.25) is 0 Å². The number of halogens is 1. The van der Waals surface area contributed by atoms with Crippen LogP contribution in [0.5, 0.6) is 11.5 Å². The number of nitrogens with zero attached hydrogens (tertiary/aromatic N) is 1. The smallest absolute Gasteiger partial charge is 0.166 e. The van der Waals surface area contributed by atoms with Crippen molar-refractivity contribution in [3.63, 3.8) is 0 Å². The average molecular weight is 378 g/mol. The van der Waals surface area contributed by atoms with Crippen LogP contribution < -0.4 is 9.47 Å². The molecule has 0 heterocycles. The van der Waals surface area contributed by atoms with Crippen LogP contribution in [-0.4, -0.2) is 13.2 Å². The Kier molecular flexibility index (Phi) is 7.56. The summed E-state index contributed by atoms with van der Waals surface area (Å²) in [5, 5.41) is 10.1. The van der Waals surface area contributed by atoms with Gasteiger partial charge in [-0.25, -0.2) is 0 Å². The van der Waals surface area contributed by atoms with Crippen LogP contribution >= 0.6 is 11.6 Å². The third-order valence-corrected chi connectivity index (χ3v) is 4.04. The molecular formula is C23H20ClNO2. The minimum atomic E-state index is 0.141. The van der Waals surface area contributed by atoms with Crippen molar-refractivity contribution < 1.29 is 9.47 Å². The Balaban J connectivity index is 2.59. The fraction of sp³-hybridized carbons (Fsp3) is 0.174. The molecule has 0 bridgehead atoms. The highest BCUT2D eigenvalue weighted by Gasteiger charge is 2.14. The lowest BCUT2D eigenvalue weighted by Crippen LogP contribution is -2.03. The summed E-state index contributed by atoms with van der Waals surface area (Å²) in [6.07, 6.45) is 9.46. The number of nitriles is 1. The van der Waals surface area contributed by atoms with Gasteiger partial charge in [-0.05, 0) is 43.2 Å². The minimum absolute atomic E-state index is 0.141. The van der Waals surface area contributed by atoms with E-state index in [4.69, 9.17) is 27.5 Å². The monoisotopic (exact) mass is 377 g/mol. The van der Waals surface area contributed by atoms with E-state index in [0.717, 1.165) is 11.1 Å². The van der Waals surface area contributed by atoms with Crippen LogP contribution in [0.15, 0.2) is 49.1 Å². The van der Waals surface area contributed by atoms with E-state index in [1.54, 1.807) is 18.2 Å². The van der Waals surface area contributed by atoms with Crippen molar-refractivity contribution >= 4 is 23.3 Å². The molecule has 0 aliphatic heterocycles. The molecule has 2 aromatic rings. The molecule has 0 saturated heterocycles. The topological polar surface area (TPSA) is 42.2 Å². The van der Waals surface area contributed by atoms with Gasteiger partial charge in [0.15, 0.2) is 11.5 Å². The molecule has 0 unspecified atom stereocenters. The van der Waals surface area contributed by atoms with Gasteiger partial charge in [-0.1, -0.05) is 41.8 Å². The van der Waals surface area contributed by atoms with Gasteiger partial charge in [0.25, 0.3) is 0 Å². The van der Waals surface area contributed by atoms with E-state index in [9.17, 15) is 5.26 Å². The zero-order chi connectivity index (χ0) is 19.6. The van der Waals surface area contributed by atoms with Crippen LogP contribution in [0.3, 0.4) is 0 Å². The van der Waals surface area contributed by atoms with E-state index in [1.165, 1.54) is 0 Å². The van der Waals surface area contributed by atoms with Gasteiger partial charge in [-0.3, -0.25) is 0 Å². The molecule has 0 fully saturated rings. The summed E-state index contributed by atoms with van der Waals surface area (Å²) < 4.78 is 11.4. The number of allylic oxidation sites excluding steroid dienone is 2. The van der Waals surface area contributed by atoms with Gasteiger partial charge in [0, 0.05) is 16.1 Å². The van der Waals surface area contributed by atoms with Crippen LogP contribution in [-0.2, 0) is 6.42 Å². The van der Waals surface area contributed by atoms with Crippen LogP contribution in [0.4, 0.5) is 0 Å². The van der Waals surface area contributed by atoms with E-state index in [0.29, 0.717) is 40.7 Å². The maximum Gasteiger partial charge on any atom is 0.166 e. The van der Waals surface area contributed by atoms with E-state index < -0.39 is 0 Å². The van der Waals surface area contributed by atoms with Crippen molar-refractivity contribution in [1.29, 1.82) is 5.26 Å². The fourth-order valence-corrected chi connectivity index (χ4v) is 2.87. The van der Waals surface area contributed by atoms with Crippen molar-refractivity contribution in [2.45, 2.75) is 13.3 Å². The summed E-state index contributed by atoms with van der Waals surface area (Å²) in [5.41, 5.74) is 2.83. The minimum Gasteiger partial charge on any atom is -0.490 e. The van der Waals surface area contributed by atoms with Crippen molar-refractivity contribution in [2.75, 3.05) is 13.2 Å². The van der Waals surface area contributed by atoms with E-state index >= 15 is 0 Å². The van der Waals surface area contributed by atoms with Crippen LogP contribution in [0.25, 0.3) is 11.6 Å². The first-order chi connectivity index (χ1) is 13.1. The lowest BCUT2D eigenvalue weighted by molar-refractivity contribution is 0.297. The molecule has 2 rings (SSSR count). The zero-order valence-electron chi connectivity index (χ0n) is 15.2. The highest BCUT2D eigenvalue weighted by atomic mass is 35.5. The van der Waals surface area contributed by atoms with E-state index in [1.807, 2.05) is 37.3 Å². The van der Waals surface area contributed by atoms with Gasteiger partial charge in [-0.2, -0.15) is 5.26 Å². The molecule has 0 N–H and O–H groups in total. The Morgan fingerprint density at radius 2 is 2.07 bits per heavy atom. The number of rotatable bonds is 8. The summed E-state index contributed by atoms with van der Waals surface area (Å²) >= 11 is 6.24. The molecule has 0 amide bonds. The third kappa shape index (κ3) is 5.17. The lowest BCUT2D eigenvalue weighted by Gasteiger charge is -2.16. The number of hydrogen-bond acceptors (Lipinski definition) is 3. The standard InChI is InChI=1S/C23H20ClNO2/c1-4-9-18-13-17(15-22(26-6-3)23(18)27-12-5-2)14-19(16-25)20-10-7-8-11-21(20)24/h2,4,7-8,10-11,13-15H,1,6,9,12H2,3H3. The second-order valence-corrected chi connectivity index (χ2v) is 5.98. The van der Waals surface area contributed by atoms with Crippen LogP contribution in [0.2, 0.25) is 5.02 Å². The molecule has 0 aliphatic carbocycles. The van der Waals surface area contributed by atoms with Gasteiger partial charge in [-0.15, -0.1) is 13.0 Å². The summed E-state index contributed by atoms with van der Waals surface area (Å²) in [6.45, 7) is 6.31. The third-order valence-electron chi connectivity index (χ3n) is 3.71. The zero-order valence-corrected chi connectivity index (χ0v) is 15.9. The second-order valence-electron chi connectivity index (χ2n) is 5.58. The largest absolute Gasteiger partial charge is 0.490 e.